The summed E-state index contributed by atoms with van der Waals surface area (Å²) in [4.78, 5) is 0. The fraction of sp³-hybridized carbons (Fsp3) is 0.250. The Morgan fingerprint density at radius 2 is 1.67 bits per heavy atom. The van der Waals surface area contributed by atoms with Crippen molar-refractivity contribution in [1.29, 1.82) is 0 Å². The molecular weight excluding hydrogens is 241 g/mol. The number of hydrogen-bond acceptors (Lipinski definition) is 1. The quantitative estimate of drug-likeness (QED) is 0.759. The van der Waals surface area contributed by atoms with E-state index in [1.807, 2.05) is 0 Å². The van der Waals surface area contributed by atoms with Crippen LogP contribution >= 0.6 is 12.4 Å². The zero-order chi connectivity index (χ0) is 10.9. The van der Waals surface area contributed by atoms with Crippen LogP contribution in [-0.2, 0) is 0 Å². The smallest absolute Gasteiger partial charge is 0.316 e. The third-order valence-corrected chi connectivity index (χ3v) is 1.65. The van der Waals surface area contributed by atoms with E-state index >= 15 is 0 Å². The van der Waals surface area contributed by atoms with E-state index in [0.29, 0.717) is 12.1 Å². The lowest BCUT2D eigenvalue weighted by atomic mass is 10.1. The Bertz CT molecular complexity index is 338. The molecule has 0 amide bonds. The molecule has 0 aliphatic heterocycles. The minimum absolute atomic E-state index is 0. The van der Waals surface area contributed by atoms with Gasteiger partial charge in [-0.2, -0.15) is 13.2 Å². The highest BCUT2D eigenvalue weighted by Gasteiger charge is 2.39. The maximum Gasteiger partial charge on any atom is 0.407 e. The predicted molar refractivity (Wildman–Crippen MR) is 46.6 cm³/mol. The first kappa shape index (κ1) is 14.1. The topological polar surface area (TPSA) is 26.0 Å². The Labute approximate surface area is 88.5 Å². The largest absolute Gasteiger partial charge is 0.407 e. The summed E-state index contributed by atoms with van der Waals surface area (Å²) in [5, 5.41) is 0. The summed E-state index contributed by atoms with van der Waals surface area (Å²) in [5.41, 5.74) is 3.82. The molecule has 86 valence electrons. The van der Waals surface area contributed by atoms with Crippen LogP contribution in [0.3, 0.4) is 0 Å². The molecule has 1 rings (SSSR count). The van der Waals surface area contributed by atoms with E-state index in [4.69, 9.17) is 5.73 Å². The van der Waals surface area contributed by atoms with Crippen molar-refractivity contribution in [3.05, 3.63) is 35.4 Å². The summed E-state index contributed by atoms with van der Waals surface area (Å²) in [6, 6.07) is -0.732. The van der Waals surface area contributed by atoms with Gasteiger partial charge in [-0.25, -0.2) is 8.78 Å². The number of benzene rings is 1. The number of halogens is 6. The summed E-state index contributed by atoms with van der Waals surface area (Å²) in [6.07, 6.45) is -4.78. The standard InChI is InChI=1S/C8H6F5N.ClH/c9-4-1-2-6(10)5(3-4)7(14)8(11,12)13;/h1-3,7H,14H2;1H/t7-;/m1./s1. The van der Waals surface area contributed by atoms with E-state index in [0.717, 1.165) is 6.07 Å². The molecule has 0 fully saturated rings. The average molecular weight is 248 g/mol. The van der Waals surface area contributed by atoms with E-state index in [2.05, 4.69) is 0 Å². The molecule has 2 N–H and O–H groups in total. The van der Waals surface area contributed by atoms with E-state index < -0.39 is 29.4 Å². The van der Waals surface area contributed by atoms with Crippen molar-refractivity contribution >= 4 is 12.4 Å². The molecular formula is C8H7ClF5N. The highest BCUT2D eigenvalue weighted by atomic mass is 35.5. The van der Waals surface area contributed by atoms with E-state index in [-0.39, 0.29) is 12.4 Å². The lowest BCUT2D eigenvalue weighted by molar-refractivity contribution is -0.149. The summed E-state index contributed by atoms with van der Waals surface area (Å²) >= 11 is 0. The summed E-state index contributed by atoms with van der Waals surface area (Å²) in [6.45, 7) is 0. The van der Waals surface area contributed by atoms with Gasteiger partial charge < -0.3 is 5.73 Å². The Hall–Kier alpha value is -0.880. The zero-order valence-electron chi connectivity index (χ0n) is 7.18. The van der Waals surface area contributed by atoms with Crippen LogP contribution in [0.4, 0.5) is 22.0 Å². The van der Waals surface area contributed by atoms with Gasteiger partial charge in [0.05, 0.1) is 0 Å². The second kappa shape index (κ2) is 4.76. The second-order valence-electron chi connectivity index (χ2n) is 2.69. The summed E-state index contributed by atoms with van der Waals surface area (Å²) in [5.74, 6) is -2.13. The van der Waals surface area contributed by atoms with Gasteiger partial charge in [0, 0.05) is 5.56 Å². The molecule has 0 unspecified atom stereocenters. The molecule has 0 aliphatic rings. The molecule has 15 heavy (non-hydrogen) atoms. The number of rotatable bonds is 1. The lowest BCUT2D eigenvalue weighted by Gasteiger charge is -2.16. The van der Waals surface area contributed by atoms with Crippen LogP contribution in [0.15, 0.2) is 18.2 Å². The van der Waals surface area contributed by atoms with Crippen LogP contribution in [0.1, 0.15) is 11.6 Å². The van der Waals surface area contributed by atoms with Gasteiger partial charge in [0.2, 0.25) is 0 Å². The van der Waals surface area contributed by atoms with Crippen LogP contribution in [0.25, 0.3) is 0 Å². The third-order valence-electron chi connectivity index (χ3n) is 1.65. The molecule has 0 spiro atoms. The average Bonchev–Trinajstić information content (AvgIpc) is 2.06. The Morgan fingerprint density at radius 1 is 1.13 bits per heavy atom. The van der Waals surface area contributed by atoms with Crippen LogP contribution in [-0.4, -0.2) is 6.18 Å². The van der Waals surface area contributed by atoms with Gasteiger partial charge in [0.15, 0.2) is 0 Å². The molecule has 1 aromatic rings. The molecule has 0 aliphatic carbocycles. The number of hydrogen-bond donors (Lipinski definition) is 1. The SMILES string of the molecule is Cl.N[C@H](c1cc(F)ccc1F)C(F)(F)F. The van der Waals surface area contributed by atoms with Crippen molar-refractivity contribution in [1.82, 2.24) is 0 Å². The first-order chi connectivity index (χ1) is 6.32. The van der Waals surface area contributed by atoms with Crippen molar-refractivity contribution in [3.8, 4) is 0 Å². The number of nitrogens with two attached hydrogens (primary N) is 1. The lowest BCUT2D eigenvalue weighted by Crippen LogP contribution is -2.29. The van der Waals surface area contributed by atoms with Gasteiger partial charge in [0.25, 0.3) is 0 Å². The van der Waals surface area contributed by atoms with E-state index in [9.17, 15) is 22.0 Å². The first-order valence-corrected chi connectivity index (χ1v) is 3.59. The van der Waals surface area contributed by atoms with Crippen molar-refractivity contribution in [2.24, 2.45) is 5.73 Å². The normalized spacial score (nSPS) is 13.2. The van der Waals surface area contributed by atoms with Crippen molar-refractivity contribution < 1.29 is 22.0 Å². The minimum Gasteiger partial charge on any atom is -0.316 e. The minimum atomic E-state index is -4.78. The van der Waals surface area contributed by atoms with Gasteiger partial charge in [0.1, 0.15) is 17.7 Å². The molecule has 1 atom stereocenters. The van der Waals surface area contributed by atoms with E-state index in [1.165, 1.54) is 0 Å². The summed E-state index contributed by atoms with van der Waals surface area (Å²) in [7, 11) is 0. The van der Waals surface area contributed by atoms with Crippen LogP contribution < -0.4 is 5.73 Å². The van der Waals surface area contributed by atoms with Gasteiger partial charge in [-0.15, -0.1) is 12.4 Å². The highest BCUT2D eigenvalue weighted by Crippen LogP contribution is 2.31. The molecule has 0 saturated heterocycles. The monoisotopic (exact) mass is 247 g/mol. The molecule has 0 radical (unpaired) electrons. The predicted octanol–water partition coefficient (Wildman–Crippen LogP) is 2.95. The molecule has 0 saturated carbocycles. The van der Waals surface area contributed by atoms with Crippen LogP contribution in [0.5, 0.6) is 0 Å². The van der Waals surface area contributed by atoms with Gasteiger partial charge in [-0.3, -0.25) is 0 Å². The molecule has 1 aromatic carbocycles. The molecule has 0 aromatic heterocycles. The maximum absolute atomic E-state index is 12.8. The second-order valence-corrected chi connectivity index (χ2v) is 2.69. The van der Waals surface area contributed by atoms with Gasteiger partial charge >= 0.3 is 6.18 Å². The van der Waals surface area contributed by atoms with Gasteiger partial charge in [-0.05, 0) is 18.2 Å². The Kier molecular flexibility index (Phi) is 4.48. The number of alkyl halides is 3. The molecule has 0 heterocycles. The van der Waals surface area contributed by atoms with Crippen molar-refractivity contribution in [2.45, 2.75) is 12.2 Å². The fourth-order valence-electron chi connectivity index (χ4n) is 0.929. The fourth-order valence-corrected chi connectivity index (χ4v) is 0.929. The molecule has 7 heteroatoms. The maximum atomic E-state index is 12.8. The van der Waals surface area contributed by atoms with Crippen molar-refractivity contribution in [3.63, 3.8) is 0 Å². The molecule has 0 bridgehead atoms. The summed E-state index contributed by atoms with van der Waals surface area (Å²) < 4.78 is 61.4. The zero-order valence-corrected chi connectivity index (χ0v) is 8.00. The Morgan fingerprint density at radius 3 is 2.13 bits per heavy atom. The van der Waals surface area contributed by atoms with Crippen LogP contribution in [0.2, 0.25) is 0 Å². The molecule has 1 nitrogen and oxygen atoms in total. The Balaban J connectivity index is 0.00000196. The van der Waals surface area contributed by atoms with E-state index in [1.54, 1.807) is 0 Å². The van der Waals surface area contributed by atoms with Crippen LogP contribution in [0, 0.1) is 11.6 Å². The van der Waals surface area contributed by atoms with Crippen molar-refractivity contribution in [2.75, 3.05) is 0 Å². The third kappa shape index (κ3) is 3.32. The van der Waals surface area contributed by atoms with Gasteiger partial charge in [-0.1, -0.05) is 0 Å². The first-order valence-electron chi connectivity index (χ1n) is 3.59. The highest BCUT2D eigenvalue weighted by molar-refractivity contribution is 5.85.